The molecule has 0 amide bonds. The van der Waals surface area contributed by atoms with Gasteiger partial charge >= 0.3 is 0 Å². The number of rotatable bonds is 9. The summed E-state index contributed by atoms with van der Waals surface area (Å²) in [6.07, 6.45) is 0. The predicted molar refractivity (Wildman–Crippen MR) is 169 cm³/mol. The van der Waals surface area contributed by atoms with E-state index in [1.807, 2.05) is 0 Å². The third kappa shape index (κ3) is 5.38. The molecule has 2 heterocycles. The van der Waals surface area contributed by atoms with E-state index in [-0.39, 0.29) is 33.3 Å². The highest BCUT2D eigenvalue weighted by Crippen LogP contribution is 2.44. The second-order valence-electron chi connectivity index (χ2n) is 9.82. The van der Waals surface area contributed by atoms with E-state index in [2.05, 4.69) is 0 Å². The van der Waals surface area contributed by atoms with E-state index in [0.29, 0.717) is 62.4 Å². The molecule has 0 saturated heterocycles. The normalized spacial score (nSPS) is 11.0. The summed E-state index contributed by atoms with van der Waals surface area (Å²) in [5, 5.41) is 0.516. The van der Waals surface area contributed by atoms with Crippen LogP contribution < -0.4 is 39.3 Å². The third-order valence-electron chi connectivity index (χ3n) is 7.28. The summed E-state index contributed by atoms with van der Waals surface area (Å²) in [5.74, 6) is 3.35. The molecule has 6 aromatic rings. The summed E-state index contributed by atoms with van der Waals surface area (Å²) in [6.45, 7) is 0. The number of hydrogen-bond donors (Lipinski definition) is 0. The van der Waals surface area contributed by atoms with Crippen LogP contribution in [0.15, 0.2) is 97.3 Å². The van der Waals surface area contributed by atoms with Crippen LogP contribution >= 0.6 is 0 Å². The van der Waals surface area contributed by atoms with E-state index in [0.717, 1.165) is 0 Å². The zero-order chi connectivity index (χ0) is 31.7. The van der Waals surface area contributed by atoms with Crippen LogP contribution in [-0.2, 0) is 0 Å². The smallest absolute Gasteiger partial charge is 0.212 e. The Hall–Kier alpha value is -5.90. The Morgan fingerprint density at radius 1 is 0.489 bits per heavy atom. The lowest BCUT2D eigenvalue weighted by molar-refractivity contribution is 0.368. The number of hydrogen-bond acceptors (Lipinski definition) is 10. The van der Waals surface area contributed by atoms with Crippen LogP contribution in [0.3, 0.4) is 0 Å². The molecule has 0 fully saturated rings. The third-order valence-corrected chi connectivity index (χ3v) is 7.28. The van der Waals surface area contributed by atoms with Crippen molar-refractivity contribution in [2.24, 2.45) is 0 Å². The average Bonchev–Trinajstić information content (AvgIpc) is 3.07. The summed E-state index contributed by atoms with van der Waals surface area (Å²) < 4.78 is 45.7. The molecule has 228 valence electrons. The van der Waals surface area contributed by atoms with E-state index in [9.17, 15) is 9.59 Å². The fraction of sp³-hybridized carbons (Fsp3) is 0.143. The molecule has 2 aromatic heterocycles. The molecule has 4 aromatic carbocycles. The molecule has 0 saturated carbocycles. The van der Waals surface area contributed by atoms with Crippen LogP contribution in [0.1, 0.15) is 0 Å². The van der Waals surface area contributed by atoms with Crippen LogP contribution in [0.4, 0.5) is 0 Å². The minimum atomic E-state index is -0.318. The van der Waals surface area contributed by atoms with E-state index in [1.54, 1.807) is 73.8 Å². The van der Waals surface area contributed by atoms with Gasteiger partial charge in [-0.3, -0.25) is 9.59 Å². The first kappa shape index (κ1) is 29.2. The fourth-order valence-electron chi connectivity index (χ4n) is 5.02. The van der Waals surface area contributed by atoms with Gasteiger partial charge in [0, 0.05) is 41.5 Å². The molecule has 0 bridgehead atoms. The Morgan fingerprint density at radius 3 is 1.60 bits per heavy atom. The molecule has 0 aliphatic heterocycles. The van der Waals surface area contributed by atoms with Crippen molar-refractivity contribution in [1.29, 1.82) is 0 Å². The van der Waals surface area contributed by atoms with Gasteiger partial charge in [0.1, 0.15) is 56.6 Å². The highest BCUT2D eigenvalue weighted by molar-refractivity contribution is 5.92. The van der Waals surface area contributed by atoms with Crippen LogP contribution in [0, 0.1) is 0 Å². The van der Waals surface area contributed by atoms with Crippen molar-refractivity contribution < 1.29 is 37.3 Å². The Bertz CT molecular complexity index is 2140. The highest BCUT2D eigenvalue weighted by Gasteiger charge is 2.22. The lowest BCUT2D eigenvalue weighted by atomic mass is 10.1. The molecule has 0 spiro atoms. The van der Waals surface area contributed by atoms with E-state index < -0.39 is 0 Å². The Kier molecular flexibility index (Phi) is 7.78. The minimum Gasteiger partial charge on any atom is -0.497 e. The molecule has 0 radical (unpaired) electrons. The van der Waals surface area contributed by atoms with Crippen molar-refractivity contribution in [3.63, 3.8) is 0 Å². The number of benzene rings is 4. The van der Waals surface area contributed by atoms with Gasteiger partial charge < -0.3 is 37.3 Å². The van der Waals surface area contributed by atoms with Crippen molar-refractivity contribution in [3.8, 4) is 62.9 Å². The molecule has 10 nitrogen and oxygen atoms in total. The molecular weight excluding hydrogens is 580 g/mol. The number of ether oxygens (including phenoxy) is 6. The van der Waals surface area contributed by atoms with Gasteiger partial charge in [-0.05, 0) is 48.5 Å². The maximum absolute atomic E-state index is 13.4. The second kappa shape index (κ2) is 12.0. The molecule has 10 heteroatoms. The number of methoxy groups -OCH3 is 5. The molecule has 0 aliphatic rings. The lowest BCUT2D eigenvalue weighted by Gasteiger charge is -2.16. The second-order valence-corrected chi connectivity index (χ2v) is 9.82. The van der Waals surface area contributed by atoms with Gasteiger partial charge in [-0.15, -0.1) is 0 Å². The van der Waals surface area contributed by atoms with Crippen molar-refractivity contribution in [2.45, 2.75) is 0 Å². The van der Waals surface area contributed by atoms with Crippen molar-refractivity contribution in [3.05, 3.63) is 99.3 Å². The van der Waals surface area contributed by atoms with E-state index >= 15 is 0 Å². The topological polar surface area (TPSA) is 116 Å². The first-order valence-electron chi connectivity index (χ1n) is 13.7. The average molecular weight is 609 g/mol. The van der Waals surface area contributed by atoms with Gasteiger partial charge in [-0.2, -0.15) is 0 Å². The first-order chi connectivity index (χ1) is 21.9. The quantitative estimate of drug-likeness (QED) is 0.169. The van der Waals surface area contributed by atoms with Gasteiger partial charge in [0.15, 0.2) is 22.2 Å². The summed E-state index contributed by atoms with van der Waals surface area (Å²) in [5.41, 5.74) is 1.19. The molecular formula is C35H28O10. The zero-order valence-electron chi connectivity index (χ0n) is 25.1. The molecule has 0 N–H and O–H groups in total. The molecule has 45 heavy (non-hydrogen) atoms. The first-order valence-corrected chi connectivity index (χ1v) is 13.7. The lowest BCUT2D eigenvalue weighted by Crippen LogP contribution is -2.05. The summed E-state index contributed by atoms with van der Waals surface area (Å²) in [6, 6.07) is 21.7. The molecule has 0 unspecified atom stereocenters. The highest BCUT2D eigenvalue weighted by atomic mass is 16.5. The number of fused-ring (bicyclic) bond motifs is 2. The monoisotopic (exact) mass is 608 g/mol. The molecule has 0 aliphatic carbocycles. The van der Waals surface area contributed by atoms with E-state index in [4.69, 9.17) is 37.3 Å². The maximum atomic E-state index is 13.4. The maximum Gasteiger partial charge on any atom is 0.212 e. The summed E-state index contributed by atoms with van der Waals surface area (Å²) in [7, 11) is 7.52. The van der Waals surface area contributed by atoms with Crippen molar-refractivity contribution >= 4 is 21.9 Å². The SMILES string of the molecule is COc1ccc(-c2cc(=O)c3c(OC)cc(OC)c(Oc4ccc(-c5cc(=O)c6c(OC)cc(OC)cc6o5)cc4)c3o2)cc1. The van der Waals surface area contributed by atoms with Crippen LogP contribution in [0.25, 0.3) is 44.6 Å². The molecule has 6 rings (SSSR count). The minimum absolute atomic E-state index is 0.150. The summed E-state index contributed by atoms with van der Waals surface area (Å²) in [4.78, 5) is 26.4. The predicted octanol–water partition coefficient (Wildman–Crippen LogP) is 7.07. The van der Waals surface area contributed by atoms with Crippen molar-refractivity contribution in [2.75, 3.05) is 35.5 Å². The largest absolute Gasteiger partial charge is 0.497 e. The van der Waals surface area contributed by atoms with Gasteiger partial charge in [0.05, 0.1) is 35.5 Å². The van der Waals surface area contributed by atoms with Crippen molar-refractivity contribution in [1.82, 2.24) is 0 Å². The van der Waals surface area contributed by atoms with Gasteiger partial charge in [-0.25, -0.2) is 0 Å². The summed E-state index contributed by atoms with van der Waals surface area (Å²) >= 11 is 0. The fourth-order valence-corrected chi connectivity index (χ4v) is 5.02. The van der Waals surface area contributed by atoms with Gasteiger partial charge in [0.25, 0.3) is 0 Å². The standard InChI is InChI=1S/C35H28O10/c1-38-21-10-6-20(7-11-21)27-17-25(37)33-29(41-4)18-31(42-5)34(35(33)45-27)43-22-12-8-19(9-13-22)26-16-24(36)32-28(40-3)14-23(39-2)15-30(32)44-26/h6-18H,1-5H3. The van der Waals surface area contributed by atoms with Crippen LogP contribution in [0.2, 0.25) is 0 Å². The molecule has 0 atom stereocenters. The van der Waals surface area contributed by atoms with Gasteiger partial charge in [0.2, 0.25) is 5.75 Å². The van der Waals surface area contributed by atoms with E-state index in [1.165, 1.54) is 40.6 Å². The Balaban J connectivity index is 1.42. The zero-order valence-corrected chi connectivity index (χ0v) is 25.1. The van der Waals surface area contributed by atoms with Crippen LogP contribution in [0.5, 0.6) is 40.2 Å². The Morgan fingerprint density at radius 2 is 1.02 bits per heavy atom. The van der Waals surface area contributed by atoms with Crippen LogP contribution in [-0.4, -0.2) is 35.5 Å². The Labute approximate surface area is 256 Å². The van der Waals surface area contributed by atoms with Gasteiger partial charge in [-0.1, -0.05) is 0 Å².